The lowest BCUT2D eigenvalue weighted by atomic mass is 9.84. The van der Waals surface area contributed by atoms with Gasteiger partial charge in [-0.2, -0.15) is 5.10 Å². The molecule has 1 heterocycles. The number of aryl methyl sites for hydroxylation is 2. The Morgan fingerprint density at radius 3 is 2.26 bits per heavy atom. The van der Waals surface area contributed by atoms with Crippen LogP contribution in [0.25, 0.3) is 0 Å². The number of benzene rings is 1. The van der Waals surface area contributed by atoms with Gasteiger partial charge in [-0.05, 0) is 57.1 Å². The monoisotopic (exact) mass is 490 g/mol. The normalized spacial score (nSPS) is 20.1. The molecule has 0 saturated heterocycles. The highest BCUT2D eigenvalue weighted by atomic mass is 32.2. The van der Waals surface area contributed by atoms with Crippen LogP contribution in [0.4, 0.5) is 5.69 Å². The van der Waals surface area contributed by atoms with Gasteiger partial charge in [-0.25, -0.2) is 8.42 Å². The van der Waals surface area contributed by atoms with Crippen LogP contribution in [0.3, 0.4) is 0 Å². The molecule has 1 aliphatic carbocycles. The number of nitrogens with zero attached hydrogens (tertiary/aromatic N) is 2. The number of ether oxygens (including phenoxy) is 1. The topological polar surface area (TPSA) is 102 Å². The van der Waals surface area contributed by atoms with Crippen molar-refractivity contribution in [2.24, 2.45) is 12.5 Å². The molecule has 1 aliphatic rings. The summed E-state index contributed by atoms with van der Waals surface area (Å²) in [6, 6.07) is 6.52. The maximum atomic E-state index is 13.4. The molecule has 1 amide bonds. The minimum Gasteiger partial charge on any atom is -0.381 e. The van der Waals surface area contributed by atoms with Crippen molar-refractivity contribution in [3.63, 3.8) is 0 Å². The van der Waals surface area contributed by atoms with E-state index in [0.717, 1.165) is 31.2 Å². The lowest BCUT2D eigenvalue weighted by Gasteiger charge is -2.28. The van der Waals surface area contributed by atoms with Gasteiger partial charge in [0.05, 0.1) is 16.7 Å². The van der Waals surface area contributed by atoms with Gasteiger partial charge in [-0.15, -0.1) is 0 Å². The number of hydrogen-bond acceptors (Lipinski definition) is 5. The second-order valence-corrected chi connectivity index (χ2v) is 12.1. The highest BCUT2D eigenvalue weighted by molar-refractivity contribution is 7.92. The van der Waals surface area contributed by atoms with E-state index < -0.39 is 10.0 Å². The zero-order chi connectivity index (χ0) is 25.3. The maximum Gasteiger partial charge on any atom is 0.271 e. The van der Waals surface area contributed by atoms with Crippen LogP contribution in [-0.4, -0.2) is 43.4 Å². The summed E-state index contributed by atoms with van der Waals surface area (Å²) < 4.78 is 36.3. The van der Waals surface area contributed by atoms with E-state index in [-0.39, 0.29) is 45.7 Å². The number of carbonyl (C=O) groups excluding carboxylic acids is 1. The van der Waals surface area contributed by atoms with Crippen LogP contribution in [0.1, 0.15) is 81.0 Å². The molecule has 3 rings (SSSR count). The number of aromatic nitrogens is 2. The Morgan fingerprint density at radius 2 is 1.74 bits per heavy atom. The summed E-state index contributed by atoms with van der Waals surface area (Å²) >= 11 is 0. The summed E-state index contributed by atoms with van der Waals surface area (Å²) in [5.41, 5.74) is 1.91. The van der Waals surface area contributed by atoms with Crippen molar-refractivity contribution in [2.75, 3.05) is 11.8 Å². The summed E-state index contributed by atoms with van der Waals surface area (Å²) in [7, 11) is -0.515. The average Bonchev–Trinajstić information content (AvgIpc) is 3.08. The number of methoxy groups -OCH3 is 1. The minimum absolute atomic E-state index is 0.0370. The number of nitrogens with one attached hydrogen (secondary N) is 2. The van der Waals surface area contributed by atoms with Gasteiger partial charge in [0, 0.05) is 26.1 Å². The van der Waals surface area contributed by atoms with Gasteiger partial charge in [0.25, 0.3) is 15.9 Å². The molecule has 1 saturated carbocycles. The molecule has 0 radical (unpaired) electrons. The summed E-state index contributed by atoms with van der Waals surface area (Å²) in [4.78, 5) is 13.5. The number of amides is 1. The van der Waals surface area contributed by atoms with E-state index in [1.54, 1.807) is 38.4 Å². The molecular formula is C25H38N4O4S. The number of sulfonamides is 1. The van der Waals surface area contributed by atoms with E-state index in [1.807, 2.05) is 34.6 Å². The summed E-state index contributed by atoms with van der Waals surface area (Å²) in [6.07, 6.45) is 3.56. The average molecular weight is 491 g/mol. The minimum atomic E-state index is -3.91. The number of rotatable bonds is 7. The van der Waals surface area contributed by atoms with Crippen LogP contribution in [0.5, 0.6) is 0 Å². The summed E-state index contributed by atoms with van der Waals surface area (Å²) in [6.45, 7) is 9.97. The van der Waals surface area contributed by atoms with E-state index in [0.29, 0.717) is 5.69 Å². The molecule has 0 spiro atoms. The molecule has 0 unspecified atom stereocenters. The predicted octanol–water partition coefficient (Wildman–Crippen LogP) is 4.37. The number of anilines is 1. The second-order valence-electron chi connectivity index (χ2n) is 10.4. The molecule has 2 aromatic rings. The number of carbonyl (C=O) groups is 1. The van der Waals surface area contributed by atoms with Crippen molar-refractivity contribution in [1.82, 2.24) is 15.1 Å². The van der Waals surface area contributed by atoms with Crippen molar-refractivity contribution >= 4 is 21.6 Å². The van der Waals surface area contributed by atoms with Crippen LogP contribution in [0.2, 0.25) is 0 Å². The molecule has 0 aliphatic heterocycles. The molecule has 188 valence electrons. The van der Waals surface area contributed by atoms with E-state index in [9.17, 15) is 13.2 Å². The number of hydrogen-bond donors (Lipinski definition) is 2. The van der Waals surface area contributed by atoms with Crippen molar-refractivity contribution < 1.29 is 17.9 Å². The lowest BCUT2D eigenvalue weighted by molar-refractivity contribution is 0.0655. The van der Waals surface area contributed by atoms with Crippen molar-refractivity contribution in [3.05, 3.63) is 41.2 Å². The van der Waals surface area contributed by atoms with Crippen LogP contribution >= 0.6 is 0 Å². The molecule has 1 aromatic carbocycles. The third-order valence-corrected chi connectivity index (χ3v) is 8.26. The van der Waals surface area contributed by atoms with E-state index in [2.05, 4.69) is 15.1 Å². The molecule has 8 nitrogen and oxygen atoms in total. The maximum absolute atomic E-state index is 13.4. The third kappa shape index (κ3) is 5.81. The van der Waals surface area contributed by atoms with E-state index in [1.165, 1.54) is 4.68 Å². The smallest absolute Gasteiger partial charge is 0.271 e. The Hall–Kier alpha value is -2.39. The fraction of sp³-hybridized carbons (Fsp3) is 0.600. The Morgan fingerprint density at radius 1 is 1.15 bits per heavy atom. The SMILES string of the molecule is CO[C@H]1CC[C@@H](c2nn(C)c(C(=O)N[C@@H](C)C(C)(C)C)c2NS(=O)(=O)c2ccc(C)cc2)CC1. The van der Waals surface area contributed by atoms with Gasteiger partial charge in [-0.3, -0.25) is 14.2 Å². The molecule has 1 fully saturated rings. The van der Waals surface area contributed by atoms with E-state index >= 15 is 0 Å². The molecule has 1 aromatic heterocycles. The van der Waals surface area contributed by atoms with Crippen LogP contribution < -0.4 is 10.0 Å². The lowest BCUT2D eigenvalue weighted by Crippen LogP contribution is -2.42. The zero-order valence-electron chi connectivity index (χ0n) is 21.3. The van der Waals surface area contributed by atoms with Crippen molar-refractivity contribution in [3.8, 4) is 0 Å². The molecule has 2 N–H and O–H groups in total. The van der Waals surface area contributed by atoms with Gasteiger partial charge in [0.1, 0.15) is 11.4 Å². The van der Waals surface area contributed by atoms with Gasteiger partial charge in [0.2, 0.25) is 0 Å². The van der Waals surface area contributed by atoms with Gasteiger partial charge in [0.15, 0.2) is 0 Å². The fourth-order valence-corrected chi connectivity index (χ4v) is 5.24. The van der Waals surface area contributed by atoms with E-state index in [4.69, 9.17) is 4.74 Å². The fourth-order valence-electron chi connectivity index (χ4n) is 4.16. The molecule has 1 atom stereocenters. The standard InChI is InChI=1S/C25H38N4O4S/c1-16-8-14-20(15-9-16)34(31,32)28-22-21(18-10-12-19(33-7)13-11-18)27-29(6)23(22)24(30)26-17(2)25(3,4)5/h8-9,14-15,17-19,28H,10-13H2,1-7H3,(H,26,30)/t17-,18-,19+/m0/s1. The largest absolute Gasteiger partial charge is 0.381 e. The first-order chi connectivity index (χ1) is 15.8. The van der Waals surface area contributed by atoms with Gasteiger partial charge < -0.3 is 10.1 Å². The molecule has 34 heavy (non-hydrogen) atoms. The Labute approximate surface area is 203 Å². The quantitative estimate of drug-likeness (QED) is 0.600. The first-order valence-corrected chi connectivity index (χ1v) is 13.3. The van der Waals surface area contributed by atoms with Gasteiger partial charge in [-0.1, -0.05) is 38.5 Å². The molecule has 0 bridgehead atoms. The van der Waals surface area contributed by atoms with Crippen LogP contribution in [0, 0.1) is 12.3 Å². The first-order valence-electron chi connectivity index (χ1n) is 11.8. The highest BCUT2D eigenvalue weighted by Gasteiger charge is 2.33. The third-order valence-electron chi connectivity index (χ3n) is 6.90. The Bertz CT molecular complexity index is 1110. The molecular weight excluding hydrogens is 452 g/mol. The van der Waals surface area contributed by atoms with Crippen molar-refractivity contribution in [1.29, 1.82) is 0 Å². The first kappa shape index (κ1) is 26.2. The summed E-state index contributed by atoms with van der Waals surface area (Å²) in [5, 5.41) is 7.68. The zero-order valence-corrected chi connectivity index (χ0v) is 22.1. The second kappa shape index (κ2) is 10.1. The Balaban J connectivity index is 2.02. The molecule has 9 heteroatoms. The predicted molar refractivity (Wildman–Crippen MR) is 134 cm³/mol. The van der Waals surface area contributed by atoms with Gasteiger partial charge >= 0.3 is 0 Å². The summed E-state index contributed by atoms with van der Waals surface area (Å²) in [5.74, 6) is -0.314. The van der Waals surface area contributed by atoms with Crippen LogP contribution in [-0.2, 0) is 21.8 Å². The Kier molecular flexibility index (Phi) is 7.77. The highest BCUT2D eigenvalue weighted by Crippen LogP contribution is 2.39. The van der Waals surface area contributed by atoms with Crippen LogP contribution in [0.15, 0.2) is 29.2 Å². The van der Waals surface area contributed by atoms with Crippen molar-refractivity contribution in [2.45, 2.75) is 83.3 Å².